The predicted molar refractivity (Wildman–Crippen MR) is 98.8 cm³/mol. The van der Waals surface area contributed by atoms with E-state index in [1.54, 1.807) is 45.1 Å². The maximum atomic E-state index is 13.5. The van der Waals surface area contributed by atoms with Gasteiger partial charge in [0.2, 0.25) is 0 Å². The lowest BCUT2D eigenvalue weighted by atomic mass is 9.99. The average Bonchev–Trinajstić information content (AvgIpc) is 2.49. The van der Waals surface area contributed by atoms with Gasteiger partial charge in [-0.05, 0) is 51.8 Å². The average molecular weight is 374 g/mol. The van der Waals surface area contributed by atoms with Gasteiger partial charge in [0.05, 0.1) is 11.3 Å². The van der Waals surface area contributed by atoms with Crippen LogP contribution in [-0.2, 0) is 4.79 Å². The molecule has 0 unspecified atom stereocenters. The second-order valence-electron chi connectivity index (χ2n) is 5.18. The van der Waals surface area contributed by atoms with E-state index in [1.807, 2.05) is 0 Å². The zero-order chi connectivity index (χ0) is 19.8. The molecule has 0 aliphatic carbocycles. The second kappa shape index (κ2) is 10.2. The third-order valence-corrected chi connectivity index (χ3v) is 3.41. The van der Waals surface area contributed by atoms with E-state index in [-0.39, 0.29) is 16.4 Å². The van der Waals surface area contributed by atoms with Crippen LogP contribution in [0.2, 0.25) is 0 Å². The molecule has 0 heterocycles. The molecule has 0 aliphatic rings. The minimum atomic E-state index is -4.63. The molecule has 0 amide bonds. The molecular weight excluding hydrogens is 351 g/mol. The zero-order valence-corrected chi connectivity index (χ0v) is 16.0. The molecule has 0 radical (unpaired) electrons. The number of alkyl halides is 3. The van der Waals surface area contributed by atoms with Crippen LogP contribution in [0, 0.1) is 0 Å². The van der Waals surface area contributed by atoms with Crippen molar-refractivity contribution in [3.8, 4) is 0 Å². The Labute approximate surface area is 152 Å². The Hall–Kier alpha value is -1.88. The molecule has 25 heavy (non-hydrogen) atoms. The third-order valence-electron chi connectivity index (χ3n) is 3.24. The number of hydrogen-bond donors (Lipinski definition) is 0. The van der Waals surface area contributed by atoms with Crippen molar-refractivity contribution in [2.45, 2.75) is 47.7 Å². The maximum Gasteiger partial charge on any atom is 0.418 e. The number of allylic oxidation sites excluding steroid dienone is 10. The first kappa shape index (κ1) is 23.1. The predicted octanol–water partition coefficient (Wildman–Crippen LogP) is 6.46. The Morgan fingerprint density at radius 1 is 1.00 bits per heavy atom. The Balaban J connectivity index is 6.40. The molecule has 0 aromatic rings. The van der Waals surface area contributed by atoms with Crippen LogP contribution in [-0.4, -0.2) is 17.7 Å². The fourth-order valence-electron chi connectivity index (χ4n) is 2.05. The summed E-state index contributed by atoms with van der Waals surface area (Å²) in [4.78, 5) is 15.4. The van der Waals surface area contributed by atoms with Gasteiger partial charge < -0.3 is 0 Å². The number of carbonyl (C=O) groups excluding carboxylic acids is 1. The van der Waals surface area contributed by atoms with Crippen molar-refractivity contribution >= 4 is 23.1 Å². The molecule has 0 atom stereocenters. The summed E-state index contributed by atoms with van der Waals surface area (Å²) >= 11 is 5.77. The first-order chi connectivity index (χ1) is 11.5. The molecule has 0 N–H and O–H groups in total. The van der Waals surface area contributed by atoms with E-state index in [0.717, 1.165) is 6.08 Å². The number of nitrogens with zero attached hydrogens (tertiary/aromatic N) is 1. The van der Waals surface area contributed by atoms with Gasteiger partial charge in [-0.15, -0.1) is 0 Å². The van der Waals surface area contributed by atoms with Gasteiger partial charge in [0.1, 0.15) is 5.70 Å². The number of aliphatic imine (C=N–C) groups is 1. The molecule has 2 nitrogen and oxygen atoms in total. The first-order valence-corrected chi connectivity index (χ1v) is 8.04. The molecule has 0 aromatic carbocycles. The minimum Gasteiger partial charge on any atom is -0.293 e. The van der Waals surface area contributed by atoms with Crippen LogP contribution < -0.4 is 0 Å². The van der Waals surface area contributed by atoms with Crippen LogP contribution in [0.5, 0.6) is 0 Å². The van der Waals surface area contributed by atoms with E-state index in [0.29, 0.717) is 11.1 Å². The van der Waals surface area contributed by atoms with E-state index in [2.05, 4.69) is 4.99 Å². The van der Waals surface area contributed by atoms with E-state index in [4.69, 9.17) is 11.6 Å². The van der Waals surface area contributed by atoms with Gasteiger partial charge in [0.15, 0.2) is 5.78 Å². The Bertz CT molecular complexity index is 686. The van der Waals surface area contributed by atoms with Crippen LogP contribution in [0.15, 0.2) is 62.8 Å². The van der Waals surface area contributed by atoms with Crippen LogP contribution in [0.1, 0.15) is 41.5 Å². The molecule has 0 saturated carbocycles. The van der Waals surface area contributed by atoms with Gasteiger partial charge in [-0.1, -0.05) is 35.9 Å². The van der Waals surface area contributed by atoms with Crippen LogP contribution in [0.25, 0.3) is 0 Å². The fraction of sp³-hybridized carbons (Fsp3) is 0.368. The van der Waals surface area contributed by atoms with Crippen molar-refractivity contribution in [3.63, 3.8) is 0 Å². The summed E-state index contributed by atoms with van der Waals surface area (Å²) < 4.78 is 40.6. The maximum absolute atomic E-state index is 13.5. The van der Waals surface area contributed by atoms with Crippen LogP contribution in [0.3, 0.4) is 0 Å². The molecule has 0 saturated heterocycles. The highest BCUT2D eigenvalue weighted by Crippen LogP contribution is 2.30. The third kappa shape index (κ3) is 7.26. The molecular formula is C19H23ClF3NO. The van der Waals surface area contributed by atoms with Crippen molar-refractivity contribution in [2.75, 3.05) is 0 Å². The van der Waals surface area contributed by atoms with E-state index < -0.39 is 17.5 Å². The lowest BCUT2D eigenvalue weighted by Crippen LogP contribution is -2.19. The molecule has 0 spiro atoms. The van der Waals surface area contributed by atoms with Gasteiger partial charge in [-0.2, -0.15) is 13.2 Å². The normalized spacial score (nSPS) is 16.4. The monoisotopic (exact) mass is 373 g/mol. The van der Waals surface area contributed by atoms with Crippen LogP contribution in [0.4, 0.5) is 13.2 Å². The van der Waals surface area contributed by atoms with Crippen molar-refractivity contribution in [1.29, 1.82) is 0 Å². The van der Waals surface area contributed by atoms with Gasteiger partial charge in [0, 0.05) is 12.0 Å². The second-order valence-corrected chi connectivity index (χ2v) is 5.75. The highest BCUT2D eigenvalue weighted by atomic mass is 35.5. The number of hydrogen-bond acceptors (Lipinski definition) is 2. The Morgan fingerprint density at radius 3 is 1.84 bits per heavy atom. The summed E-state index contributed by atoms with van der Waals surface area (Å²) in [6, 6.07) is 0. The Morgan fingerprint density at radius 2 is 1.52 bits per heavy atom. The fourth-order valence-corrected chi connectivity index (χ4v) is 2.22. The number of carbonyl (C=O) groups is 1. The molecule has 0 fully saturated rings. The number of rotatable bonds is 6. The van der Waals surface area contributed by atoms with E-state index in [9.17, 15) is 18.0 Å². The summed E-state index contributed by atoms with van der Waals surface area (Å²) in [5.41, 5.74) is -0.390. The lowest BCUT2D eigenvalue weighted by molar-refractivity contribution is -0.113. The lowest BCUT2D eigenvalue weighted by Gasteiger charge is -2.14. The van der Waals surface area contributed by atoms with E-state index >= 15 is 0 Å². The molecule has 6 heteroatoms. The molecule has 0 aliphatic heterocycles. The van der Waals surface area contributed by atoms with Crippen molar-refractivity contribution in [1.82, 2.24) is 0 Å². The Kier molecular flexibility index (Phi) is 9.42. The summed E-state index contributed by atoms with van der Waals surface area (Å²) in [7, 11) is 0. The van der Waals surface area contributed by atoms with Crippen LogP contribution >= 0.6 is 11.6 Å². The van der Waals surface area contributed by atoms with Gasteiger partial charge in [-0.25, -0.2) is 4.99 Å². The summed E-state index contributed by atoms with van der Waals surface area (Å²) in [6.07, 6.45) is 3.16. The summed E-state index contributed by atoms with van der Waals surface area (Å²) in [6.45, 7) is 9.01. The van der Waals surface area contributed by atoms with Crippen molar-refractivity contribution in [3.05, 3.63) is 57.8 Å². The summed E-state index contributed by atoms with van der Waals surface area (Å²) in [5, 5.41) is 0.0442. The first-order valence-electron chi connectivity index (χ1n) is 7.67. The van der Waals surface area contributed by atoms with Crippen molar-refractivity contribution < 1.29 is 18.0 Å². The molecule has 0 bridgehead atoms. The molecule has 0 aromatic heterocycles. The van der Waals surface area contributed by atoms with Gasteiger partial charge >= 0.3 is 6.18 Å². The van der Waals surface area contributed by atoms with E-state index in [1.165, 1.54) is 20.8 Å². The SMILES string of the molecule is C\C=C/C(=C\C)C(=C/C)/C=C(\C(C)=N\C(C(C)=O)=C(/C)Cl)C(F)(F)F. The van der Waals surface area contributed by atoms with Gasteiger partial charge in [0.25, 0.3) is 0 Å². The highest BCUT2D eigenvalue weighted by molar-refractivity contribution is 6.31. The standard InChI is InChI=1S/C19H23ClF3NO/c1-7-10-15(8-2)16(9-3)11-17(19(21,22)23)13(5)24-18(12(4)20)14(6)25/h7-11H,1-6H3/b10-7-,15-8+,16-9+,17-11+,18-12+,24-13+. The smallest absolute Gasteiger partial charge is 0.293 e. The zero-order valence-electron chi connectivity index (χ0n) is 15.3. The highest BCUT2D eigenvalue weighted by Gasteiger charge is 2.36. The molecule has 0 rings (SSSR count). The van der Waals surface area contributed by atoms with Gasteiger partial charge in [-0.3, -0.25) is 4.79 Å². The quantitative estimate of drug-likeness (QED) is 0.298. The van der Waals surface area contributed by atoms with Crippen molar-refractivity contribution in [2.24, 2.45) is 4.99 Å². The number of Topliss-reactive ketones (excluding diaryl/α,β-unsaturated/α-hetero) is 1. The molecule has 138 valence electrons. The minimum absolute atomic E-state index is 0.0442. The number of ketones is 1. The largest absolute Gasteiger partial charge is 0.418 e. The number of halogens is 4. The summed E-state index contributed by atoms with van der Waals surface area (Å²) in [5.74, 6) is -0.498. The topological polar surface area (TPSA) is 29.4 Å².